The number of rotatable bonds is 0. The second kappa shape index (κ2) is 1.62. The molecule has 1 N–H and O–H groups in total. The molecular weight excluding hydrogens is 76.9 g/mol. The molecule has 2 radical (unpaired) electrons. The van der Waals surface area contributed by atoms with Crippen molar-refractivity contribution in [1.82, 2.24) is 5.48 Å². The van der Waals surface area contributed by atoms with Gasteiger partial charge in [0.25, 0.3) is 0 Å². The summed E-state index contributed by atoms with van der Waals surface area (Å²) in [6.45, 7) is 0.890. The topological polar surface area (TPSA) is 21.3 Å². The first-order valence-corrected chi connectivity index (χ1v) is 2.03. The molecule has 0 aromatic carbocycles. The van der Waals surface area contributed by atoms with Crippen LogP contribution in [-0.4, -0.2) is 20.4 Å². The number of nitrogens with one attached hydrogen (secondary N) is 1. The van der Waals surface area contributed by atoms with Crippen molar-refractivity contribution in [3.05, 3.63) is 0 Å². The van der Waals surface area contributed by atoms with E-state index in [1.807, 2.05) is 0 Å². The Bertz CT molecular complexity index is 44.1. The molecule has 0 aromatic heterocycles. The maximum atomic E-state index is 5.25. The van der Waals surface area contributed by atoms with Gasteiger partial charge in [0.15, 0.2) is 0 Å². The Kier molecular flexibility index (Phi) is 1.12. The van der Waals surface area contributed by atoms with Crippen LogP contribution in [0.1, 0.15) is 6.42 Å². The average Bonchev–Trinajstić information content (AvgIpc) is 1.86. The second-order valence-electron chi connectivity index (χ2n) is 1.34. The Balaban J connectivity index is 2.18. The standard InChI is InChI=1S/C3H6BNO/c4-3-1-2-5-6-3/h3,5H,1-2H2/t3-/m0/s1. The highest BCUT2D eigenvalue weighted by Gasteiger charge is 2.06. The minimum atomic E-state index is -0.0648. The zero-order valence-corrected chi connectivity index (χ0v) is 3.48. The average molecular weight is 82.9 g/mol. The van der Waals surface area contributed by atoms with Gasteiger partial charge in [0, 0.05) is 12.5 Å². The van der Waals surface area contributed by atoms with E-state index >= 15 is 0 Å². The van der Waals surface area contributed by atoms with Crippen LogP contribution < -0.4 is 5.48 Å². The van der Waals surface area contributed by atoms with Crippen LogP contribution in [0.15, 0.2) is 0 Å². The van der Waals surface area contributed by atoms with Crippen LogP contribution in [0.2, 0.25) is 0 Å². The third kappa shape index (κ3) is 0.728. The quantitative estimate of drug-likeness (QED) is 0.395. The fourth-order valence-electron chi connectivity index (χ4n) is 0.426. The van der Waals surface area contributed by atoms with E-state index in [1.165, 1.54) is 0 Å². The van der Waals surface area contributed by atoms with Crippen LogP contribution in [0, 0.1) is 0 Å². The van der Waals surface area contributed by atoms with Gasteiger partial charge in [-0.05, 0) is 6.42 Å². The van der Waals surface area contributed by atoms with Gasteiger partial charge in [0.1, 0.15) is 7.85 Å². The molecule has 6 heavy (non-hydrogen) atoms. The maximum Gasteiger partial charge on any atom is 0.111 e. The van der Waals surface area contributed by atoms with E-state index in [4.69, 9.17) is 7.85 Å². The molecule has 0 aliphatic carbocycles. The first-order chi connectivity index (χ1) is 2.89. The van der Waals surface area contributed by atoms with Gasteiger partial charge in [-0.15, -0.1) is 0 Å². The van der Waals surface area contributed by atoms with E-state index in [0.29, 0.717) is 0 Å². The zero-order valence-electron chi connectivity index (χ0n) is 3.48. The summed E-state index contributed by atoms with van der Waals surface area (Å²) < 4.78 is 0. The Labute approximate surface area is 38.2 Å². The molecule has 0 saturated carbocycles. The van der Waals surface area contributed by atoms with Gasteiger partial charge in [0.05, 0.1) is 0 Å². The highest BCUT2D eigenvalue weighted by molar-refractivity contribution is 6.11. The van der Waals surface area contributed by atoms with Crippen molar-refractivity contribution < 1.29 is 4.84 Å². The van der Waals surface area contributed by atoms with Gasteiger partial charge in [0.2, 0.25) is 0 Å². The van der Waals surface area contributed by atoms with Crippen molar-refractivity contribution in [2.45, 2.75) is 12.4 Å². The molecule has 1 fully saturated rings. The molecule has 32 valence electrons. The normalized spacial score (nSPS) is 34.3. The zero-order chi connectivity index (χ0) is 4.41. The fourth-order valence-corrected chi connectivity index (χ4v) is 0.426. The third-order valence-electron chi connectivity index (χ3n) is 0.766. The van der Waals surface area contributed by atoms with E-state index in [0.717, 1.165) is 13.0 Å². The lowest BCUT2D eigenvalue weighted by molar-refractivity contribution is 0.0786. The second-order valence-corrected chi connectivity index (χ2v) is 1.34. The van der Waals surface area contributed by atoms with Crippen LogP contribution in [0.3, 0.4) is 0 Å². The molecule has 0 amide bonds. The van der Waals surface area contributed by atoms with Crippen LogP contribution in [0.4, 0.5) is 0 Å². The van der Waals surface area contributed by atoms with Crippen molar-refractivity contribution in [3.63, 3.8) is 0 Å². The van der Waals surface area contributed by atoms with Gasteiger partial charge in [-0.3, -0.25) is 0 Å². The van der Waals surface area contributed by atoms with Crippen molar-refractivity contribution in [2.75, 3.05) is 6.54 Å². The molecule has 2 nitrogen and oxygen atoms in total. The smallest absolute Gasteiger partial charge is 0.111 e. The van der Waals surface area contributed by atoms with Gasteiger partial charge in [-0.25, -0.2) is 5.48 Å². The summed E-state index contributed by atoms with van der Waals surface area (Å²) >= 11 is 0. The molecule has 3 heteroatoms. The third-order valence-corrected chi connectivity index (χ3v) is 0.766. The summed E-state index contributed by atoms with van der Waals surface area (Å²) in [6.07, 6.45) is 0.931. The van der Waals surface area contributed by atoms with E-state index in [2.05, 4.69) is 10.3 Å². The van der Waals surface area contributed by atoms with Gasteiger partial charge >= 0.3 is 0 Å². The van der Waals surface area contributed by atoms with E-state index in [1.54, 1.807) is 0 Å². The first-order valence-electron chi connectivity index (χ1n) is 2.03. The predicted molar refractivity (Wildman–Crippen MR) is 23.2 cm³/mol. The molecular formula is C3H6BNO. The molecule has 0 bridgehead atoms. The van der Waals surface area contributed by atoms with Crippen LogP contribution in [0.5, 0.6) is 0 Å². The van der Waals surface area contributed by atoms with Gasteiger partial charge in [-0.2, -0.15) is 0 Å². The van der Waals surface area contributed by atoms with E-state index < -0.39 is 0 Å². The predicted octanol–water partition coefficient (Wildman–Crippen LogP) is -0.594. The molecule has 1 aliphatic heterocycles. The molecule has 0 unspecified atom stereocenters. The Hall–Kier alpha value is -0.0151. The molecule has 1 atom stereocenters. The number of hydrogen-bond acceptors (Lipinski definition) is 2. The highest BCUT2D eigenvalue weighted by atomic mass is 16.7. The largest absolute Gasteiger partial charge is 0.308 e. The monoisotopic (exact) mass is 83.1 g/mol. The van der Waals surface area contributed by atoms with Crippen LogP contribution in [-0.2, 0) is 4.84 Å². The first kappa shape index (κ1) is 4.15. The summed E-state index contributed by atoms with van der Waals surface area (Å²) in [5.41, 5.74) is 2.65. The Morgan fingerprint density at radius 2 is 2.67 bits per heavy atom. The summed E-state index contributed by atoms with van der Waals surface area (Å²) in [6, 6.07) is -0.0648. The maximum absolute atomic E-state index is 5.25. The fraction of sp³-hybridized carbons (Fsp3) is 1.00. The highest BCUT2D eigenvalue weighted by Crippen LogP contribution is 1.95. The molecule has 1 saturated heterocycles. The minimum Gasteiger partial charge on any atom is -0.308 e. The molecule has 0 spiro atoms. The van der Waals surface area contributed by atoms with Crippen LogP contribution in [0.25, 0.3) is 0 Å². The molecule has 1 rings (SSSR count). The Morgan fingerprint density at radius 1 is 1.83 bits per heavy atom. The molecule has 0 aromatic rings. The lowest BCUT2D eigenvalue weighted by Crippen LogP contribution is -2.08. The number of hydrogen-bond donors (Lipinski definition) is 1. The minimum absolute atomic E-state index is 0.0648. The van der Waals surface area contributed by atoms with Crippen molar-refractivity contribution in [1.29, 1.82) is 0 Å². The van der Waals surface area contributed by atoms with Crippen molar-refractivity contribution in [3.8, 4) is 0 Å². The summed E-state index contributed by atoms with van der Waals surface area (Å²) in [7, 11) is 5.25. The van der Waals surface area contributed by atoms with E-state index in [-0.39, 0.29) is 6.00 Å². The van der Waals surface area contributed by atoms with Gasteiger partial charge < -0.3 is 4.84 Å². The van der Waals surface area contributed by atoms with Crippen LogP contribution >= 0.6 is 0 Å². The summed E-state index contributed by atoms with van der Waals surface area (Å²) in [4.78, 5) is 4.68. The number of hydroxylamine groups is 1. The summed E-state index contributed by atoms with van der Waals surface area (Å²) in [5.74, 6) is 0. The van der Waals surface area contributed by atoms with Gasteiger partial charge in [-0.1, -0.05) is 0 Å². The van der Waals surface area contributed by atoms with Crippen molar-refractivity contribution in [2.24, 2.45) is 0 Å². The molecule has 1 aliphatic rings. The Morgan fingerprint density at radius 3 is 2.83 bits per heavy atom. The molecule has 1 heterocycles. The lowest BCUT2D eigenvalue weighted by atomic mass is 9.98. The van der Waals surface area contributed by atoms with E-state index in [9.17, 15) is 0 Å². The summed E-state index contributed by atoms with van der Waals surface area (Å²) in [5, 5.41) is 0. The van der Waals surface area contributed by atoms with Crippen molar-refractivity contribution >= 4 is 7.85 Å². The lowest BCUT2D eigenvalue weighted by Gasteiger charge is -1.93. The SMILES string of the molecule is [B][C@@H]1CCNO1.